The SMILES string of the molecule is CCOc1cccc(/C(O)=C2/C(=O)C(=O)N(Cc3ccccc3OC)C2c2ccccn2)c1. The van der Waals surface area contributed by atoms with Crippen molar-refractivity contribution in [1.29, 1.82) is 0 Å². The van der Waals surface area contributed by atoms with E-state index in [1.54, 1.807) is 61.8 Å². The van der Waals surface area contributed by atoms with Gasteiger partial charge in [-0.1, -0.05) is 36.4 Å². The van der Waals surface area contributed by atoms with Crippen LogP contribution in [0, 0.1) is 0 Å². The number of benzene rings is 2. The number of carbonyl (C=O) groups excluding carboxylic acids is 2. The summed E-state index contributed by atoms with van der Waals surface area (Å²) in [4.78, 5) is 32.1. The molecule has 168 valence electrons. The van der Waals surface area contributed by atoms with E-state index in [1.165, 1.54) is 4.90 Å². The Morgan fingerprint density at radius 1 is 1.06 bits per heavy atom. The molecule has 4 rings (SSSR count). The van der Waals surface area contributed by atoms with Crippen molar-refractivity contribution in [3.8, 4) is 11.5 Å². The van der Waals surface area contributed by atoms with E-state index in [9.17, 15) is 14.7 Å². The first-order valence-corrected chi connectivity index (χ1v) is 10.6. The van der Waals surface area contributed by atoms with Crippen LogP contribution in [0.5, 0.6) is 11.5 Å². The van der Waals surface area contributed by atoms with Crippen LogP contribution in [0.2, 0.25) is 0 Å². The van der Waals surface area contributed by atoms with E-state index >= 15 is 0 Å². The van der Waals surface area contributed by atoms with Crippen molar-refractivity contribution in [2.45, 2.75) is 19.5 Å². The van der Waals surface area contributed by atoms with Crippen molar-refractivity contribution in [3.05, 3.63) is 95.3 Å². The van der Waals surface area contributed by atoms with Gasteiger partial charge < -0.3 is 19.5 Å². The van der Waals surface area contributed by atoms with Gasteiger partial charge in [-0.15, -0.1) is 0 Å². The van der Waals surface area contributed by atoms with Crippen LogP contribution in [-0.2, 0) is 16.1 Å². The van der Waals surface area contributed by atoms with Crippen molar-refractivity contribution in [3.63, 3.8) is 0 Å². The molecule has 3 aromatic rings. The van der Waals surface area contributed by atoms with Gasteiger partial charge in [-0.2, -0.15) is 0 Å². The van der Waals surface area contributed by atoms with Gasteiger partial charge in [-0.05, 0) is 37.3 Å². The smallest absolute Gasteiger partial charge is 0.296 e. The summed E-state index contributed by atoms with van der Waals surface area (Å²) >= 11 is 0. The third-order valence-electron chi connectivity index (χ3n) is 5.46. The number of nitrogens with zero attached hydrogens (tertiary/aromatic N) is 2. The molecule has 0 saturated carbocycles. The Morgan fingerprint density at radius 2 is 1.85 bits per heavy atom. The lowest BCUT2D eigenvalue weighted by atomic mass is 9.98. The minimum Gasteiger partial charge on any atom is -0.507 e. The molecule has 0 bridgehead atoms. The van der Waals surface area contributed by atoms with Crippen LogP contribution in [-0.4, -0.2) is 40.4 Å². The monoisotopic (exact) mass is 444 g/mol. The third-order valence-corrected chi connectivity index (χ3v) is 5.46. The second kappa shape index (κ2) is 9.56. The molecule has 1 atom stereocenters. The quantitative estimate of drug-likeness (QED) is 0.335. The number of para-hydroxylation sites is 1. The molecule has 2 aromatic carbocycles. The largest absolute Gasteiger partial charge is 0.507 e. The molecule has 1 aliphatic heterocycles. The van der Waals surface area contributed by atoms with Gasteiger partial charge in [0.05, 0.1) is 31.5 Å². The molecule has 7 heteroatoms. The average molecular weight is 444 g/mol. The second-order valence-electron chi connectivity index (χ2n) is 7.45. The first-order valence-electron chi connectivity index (χ1n) is 10.6. The van der Waals surface area contributed by atoms with Crippen LogP contribution in [0.15, 0.2) is 78.5 Å². The normalized spacial score (nSPS) is 17.3. The van der Waals surface area contributed by atoms with Crippen molar-refractivity contribution < 1.29 is 24.2 Å². The molecular weight excluding hydrogens is 420 g/mol. The summed E-state index contributed by atoms with van der Waals surface area (Å²) in [6.07, 6.45) is 1.59. The number of aliphatic hydroxyl groups is 1. The Bertz CT molecular complexity index is 1210. The van der Waals surface area contributed by atoms with Gasteiger partial charge in [0, 0.05) is 17.3 Å². The van der Waals surface area contributed by atoms with Crippen LogP contribution in [0.25, 0.3) is 5.76 Å². The standard InChI is InChI=1S/C26H24N2O5/c1-3-33-19-11-8-10-17(15-19)24(29)22-23(20-12-6-7-14-27-20)28(26(31)25(22)30)16-18-9-4-5-13-21(18)32-2/h4-15,23,29H,3,16H2,1-2H3/b24-22-. The lowest BCUT2D eigenvalue weighted by Gasteiger charge is -2.25. The van der Waals surface area contributed by atoms with E-state index in [0.29, 0.717) is 29.4 Å². The zero-order valence-electron chi connectivity index (χ0n) is 18.4. The number of pyridine rings is 1. The van der Waals surface area contributed by atoms with Gasteiger partial charge in [-0.3, -0.25) is 14.6 Å². The van der Waals surface area contributed by atoms with E-state index in [1.807, 2.05) is 25.1 Å². The Morgan fingerprint density at radius 3 is 2.58 bits per heavy atom. The van der Waals surface area contributed by atoms with E-state index in [-0.39, 0.29) is 17.9 Å². The Hall–Kier alpha value is -4.13. The molecule has 0 radical (unpaired) electrons. The Balaban J connectivity index is 1.84. The summed E-state index contributed by atoms with van der Waals surface area (Å²) in [7, 11) is 1.55. The Labute approximate surface area is 191 Å². The van der Waals surface area contributed by atoms with Crippen LogP contribution >= 0.6 is 0 Å². The molecule has 1 N–H and O–H groups in total. The molecule has 2 heterocycles. The predicted molar refractivity (Wildman–Crippen MR) is 123 cm³/mol. The minimum atomic E-state index is -0.855. The number of amides is 1. The van der Waals surface area contributed by atoms with Crippen LogP contribution in [0.1, 0.15) is 29.8 Å². The Kier molecular flexibility index (Phi) is 6.40. The predicted octanol–water partition coefficient (Wildman–Crippen LogP) is 4.11. The summed E-state index contributed by atoms with van der Waals surface area (Å²) in [6, 6.07) is 18.5. The second-order valence-corrected chi connectivity index (χ2v) is 7.45. The summed E-state index contributed by atoms with van der Waals surface area (Å²) in [5, 5.41) is 11.2. The number of Topliss-reactive ketones (excluding diaryl/α,β-unsaturated/α-hetero) is 1. The maximum absolute atomic E-state index is 13.2. The highest BCUT2D eigenvalue weighted by Crippen LogP contribution is 2.40. The molecule has 0 aliphatic carbocycles. The van der Waals surface area contributed by atoms with Gasteiger partial charge in [0.2, 0.25) is 0 Å². The molecule has 7 nitrogen and oxygen atoms in total. The summed E-state index contributed by atoms with van der Waals surface area (Å²) < 4.78 is 10.9. The van der Waals surface area contributed by atoms with Gasteiger partial charge >= 0.3 is 0 Å². The minimum absolute atomic E-state index is 0.0118. The number of carbonyl (C=O) groups is 2. The van der Waals surface area contributed by atoms with Crippen LogP contribution in [0.4, 0.5) is 0 Å². The van der Waals surface area contributed by atoms with Crippen LogP contribution < -0.4 is 9.47 Å². The molecule has 1 aliphatic rings. The van der Waals surface area contributed by atoms with E-state index in [0.717, 1.165) is 5.56 Å². The highest BCUT2D eigenvalue weighted by Gasteiger charge is 2.47. The highest BCUT2D eigenvalue weighted by atomic mass is 16.5. The third kappa shape index (κ3) is 4.30. The van der Waals surface area contributed by atoms with Crippen molar-refractivity contribution >= 4 is 17.4 Å². The molecule has 0 spiro atoms. The molecule has 1 amide bonds. The molecule has 33 heavy (non-hydrogen) atoms. The number of methoxy groups -OCH3 is 1. The topological polar surface area (TPSA) is 89.0 Å². The highest BCUT2D eigenvalue weighted by molar-refractivity contribution is 6.46. The molecule has 1 fully saturated rings. The van der Waals surface area contributed by atoms with E-state index in [4.69, 9.17) is 9.47 Å². The van der Waals surface area contributed by atoms with E-state index in [2.05, 4.69) is 4.98 Å². The summed E-state index contributed by atoms with van der Waals surface area (Å²) in [5.74, 6) is -0.588. The van der Waals surface area contributed by atoms with Gasteiger partial charge in [0.15, 0.2) is 0 Å². The van der Waals surface area contributed by atoms with Crippen molar-refractivity contribution in [2.24, 2.45) is 0 Å². The van der Waals surface area contributed by atoms with Crippen LogP contribution in [0.3, 0.4) is 0 Å². The molecule has 1 aromatic heterocycles. The number of aliphatic hydroxyl groups excluding tert-OH is 1. The number of aromatic nitrogens is 1. The maximum atomic E-state index is 13.2. The van der Waals surface area contributed by atoms with Gasteiger partial charge in [-0.25, -0.2) is 0 Å². The number of ether oxygens (including phenoxy) is 2. The molecule has 1 unspecified atom stereocenters. The van der Waals surface area contributed by atoms with Gasteiger partial charge in [0.25, 0.3) is 11.7 Å². The maximum Gasteiger partial charge on any atom is 0.296 e. The number of likely N-dealkylation sites (tertiary alicyclic amines) is 1. The molecular formula is C26H24N2O5. The summed E-state index contributed by atoms with van der Waals surface area (Å²) in [5.41, 5.74) is 1.59. The first-order chi connectivity index (χ1) is 16.0. The summed E-state index contributed by atoms with van der Waals surface area (Å²) in [6.45, 7) is 2.43. The van der Waals surface area contributed by atoms with Crippen molar-refractivity contribution in [2.75, 3.05) is 13.7 Å². The first kappa shape index (κ1) is 22.1. The average Bonchev–Trinajstić information content (AvgIpc) is 3.10. The fourth-order valence-corrected chi connectivity index (χ4v) is 3.96. The number of ketones is 1. The molecule has 1 saturated heterocycles. The zero-order chi connectivity index (χ0) is 23.4. The fourth-order valence-electron chi connectivity index (χ4n) is 3.96. The fraction of sp³-hybridized carbons (Fsp3) is 0.192. The van der Waals surface area contributed by atoms with Crippen molar-refractivity contribution in [1.82, 2.24) is 9.88 Å². The lowest BCUT2D eigenvalue weighted by Crippen LogP contribution is -2.29. The lowest BCUT2D eigenvalue weighted by molar-refractivity contribution is -0.140. The van der Waals surface area contributed by atoms with E-state index < -0.39 is 17.7 Å². The zero-order valence-corrected chi connectivity index (χ0v) is 18.4. The van der Waals surface area contributed by atoms with Gasteiger partial charge in [0.1, 0.15) is 23.3 Å². The number of hydrogen-bond donors (Lipinski definition) is 1. The number of rotatable bonds is 7. The number of hydrogen-bond acceptors (Lipinski definition) is 6.